The van der Waals surface area contributed by atoms with E-state index >= 15 is 0 Å². The number of carbonyl (C=O) groups is 2. The number of fused-ring (bicyclic) bond motifs is 1. The summed E-state index contributed by atoms with van der Waals surface area (Å²) >= 11 is 12.0. The monoisotopic (exact) mass is 539 g/mol. The second kappa shape index (κ2) is 12.2. The van der Waals surface area contributed by atoms with Crippen molar-refractivity contribution in [2.45, 2.75) is 38.6 Å². The van der Waals surface area contributed by atoms with Crippen LogP contribution in [0.5, 0.6) is 0 Å². The van der Waals surface area contributed by atoms with E-state index in [4.69, 9.17) is 28.6 Å². The van der Waals surface area contributed by atoms with Crippen molar-refractivity contribution in [2.75, 3.05) is 25.6 Å². The van der Waals surface area contributed by atoms with Crippen molar-refractivity contribution >= 4 is 46.6 Å². The van der Waals surface area contributed by atoms with Gasteiger partial charge in [0.15, 0.2) is 10.9 Å². The molecule has 2 aliphatic rings. The number of esters is 1. The Balaban J connectivity index is 1.41. The van der Waals surface area contributed by atoms with Crippen LogP contribution in [-0.2, 0) is 16.0 Å². The van der Waals surface area contributed by atoms with Crippen LogP contribution in [-0.4, -0.2) is 47.1 Å². The lowest BCUT2D eigenvalue weighted by Gasteiger charge is -2.26. The molecule has 37 heavy (non-hydrogen) atoms. The van der Waals surface area contributed by atoms with Gasteiger partial charge in [-0.15, -0.1) is 0 Å². The Hall–Kier alpha value is -3.43. The van der Waals surface area contributed by atoms with E-state index in [0.717, 1.165) is 25.7 Å². The van der Waals surface area contributed by atoms with Gasteiger partial charge in [-0.2, -0.15) is 0 Å². The Morgan fingerprint density at radius 1 is 1.24 bits per heavy atom. The van der Waals surface area contributed by atoms with E-state index in [1.165, 1.54) is 46.5 Å². The van der Waals surface area contributed by atoms with Gasteiger partial charge in [0, 0.05) is 13.2 Å². The van der Waals surface area contributed by atoms with Gasteiger partial charge in [0.2, 0.25) is 0 Å². The molecule has 10 heteroatoms. The molecule has 4 rings (SSSR count). The highest BCUT2D eigenvalue weighted by atomic mass is 35.5. The fraction of sp³-hybridized carbons (Fsp3) is 0.333. The number of nitrogens with zero attached hydrogens (tertiary/aromatic N) is 2. The van der Waals surface area contributed by atoms with Gasteiger partial charge >= 0.3 is 5.97 Å². The largest absolute Gasteiger partial charge is 0.465 e. The fourth-order valence-electron chi connectivity index (χ4n) is 4.57. The molecule has 1 aromatic carbocycles. The van der Waals surface area contributed by atoms with Crippen LogP contribution in [0.3, 0.4) is 0 Å². The van der Waals surface area contributed by atoms with Gasteiger partial charge in [0.1, 0.15) is 6.54 Å². The van der Waals surface area contributed by atoms with Crippen LogP contribution in [0.2, 0.25) is 5.02 Å². The lowest BCUT2D eigenvalue weighted by atomic mass is 9.89. The molecule has 0 aliphatic heterocycles. The average Bonchev–Trinajstić information content (AvgIpc) is 3.05. The van der Waals surface area contributed by atoms with Crippen LogP contribution in [0.4, 0.5) is 5.82 Å². The van der Waals surface area contributed by atoms with E-state index in [1.54, 1.807) is 6.92 Å². The van der Waals surface area contributed by atoms with Crippen LogP contribution in [0.25, 0.3) is 0 Å². The normalized spacial score (nSPS) is 16.1. The van der Waals surface area contributed by atoms with Crippen LogP contribution < -0.4 is 16.2 Å². The van der Waals surface area contributed by atoms with Crippen molar-refractivity contribution in [3.05, 3.63) is 81.5 Å². The molecule has 0 saturated carbocycles. The van der Waals surface area contributed by atoms with Gasteiger partial charge in [0.05, 0.1) is 23.2 Å². The number of anilines is 1. The van der Waals surface area contributed by atoms with E-state index in [2.05, 4.69) is 57.6 Å². The first kappa shape index (κ1) is 26.6. The number of nitrogens with one attached hydrogen (secondary N) is 3. The van der Waals surface area contributed by atoms with Crippen molar-refractivity contribution in [2.24, 2.45) is 0 Å². The molecule has 0 radical (unpaired) electrons. The minimum atomic E-state index is -0.483. The molecule has 0 fully saturated rings. The van der Waals surface area contributed by atoms with E-state index in [-0.39, 0.29) is 29.8 Å². The molecule has 0 bridgehead atoms. The Kier molecular flexibility index (Phi) is 8.78. The lowest BCUT2D eigenvalue weighted by molar-refractivity contribution is -0.143. The van der Waals surface area contributed by atoms with Crippen LogP contribution in [0.1, 0.15) is 53.7 Å². The SMILES string of the molecule is CCOC(=O)CN(C)C(=O)c1cnc(NNC(=S)NC2C3=C(CCC=C3)CCc3ccccc32)c(Cl)c1. The van der Waals surface area contributed by atoms with E-state index in [9.17, 15) is 9.59 Å². The number of allylic oxidation sites excluding steroid dienone is 2. The summed E-state index contributed by atoms with van der Waals surface area (Å²) in [5.74, 6) is -0.561. The number of hydrazine groups is 1. The van der Waals surface area contributed by atoms with Crippen LogP contribution in [0, 0.1) is 0 Å². The predicted octanol–water partition coefficient (Wildman–Crippen LogP) is 4.50. The number of likely N-dealkylation sites (N-methyl/N-ethyl adjacent to an activating group) is 1. The first-order valence-electron chi connectivity index (χ1n) is 12.2. The number of ether oxygens (including phenoxy) is 1. The number of carbonyl (C=O) groups excluding carboxylic acids is 2. The molecule has 8 nitrogen and oxygen atoms in total. The summed E-state index contributed by atoms with van der Waals surface area (Å²) < 4.78 is 4.89. The summed E-state index contributed by atoms with van der Waals surface area (Å²) in [6.45, 7) is 1.80. The van der Waals surface area contributed by atoms with Gasteiger partial charge in [0.25, 0.3) is 5.91 Å². The molecule has 3 N–H and O–H groups in total. The third kappa shape index (κ3) is 6.47. The Labute approximate surface area is 227 Å². The highest BCUT2D eigenvalue weighted by Crippen LogP contribution is 2.37. The molecule has 1 unspecified atom stereocenters. The molecule has 0 saturated heterocycles. The van der Waals surface area contributed by atoms with Gasteiger partial charge in [-0.1, -0.05) is 53.6 Å². The van der Waals surface area contributed by atoms with Gasteiger partial charge in [-0.05, 0) is 67.6 Å². The third-order valence-corrected chi connectivity index (χ3v) is 6.88. The number of rotatable bonds is 7. The summed E-state index contributed by atoms with van der Waals surface area (Å²) in [6.07, 6.45) is 10.0. The maximum Gasteiger partial charge on any atom is 0.325 e. The second-order valence-electron chi connectivity index (χ2n) is 8.88. The third-order valence-electron chi connectivity index (χ3n) is 6.37. The fourth-order valence-corrected chi connectivity index (χ4v) is 4.96. The quantitative estimate of drug-likeness (QED) is 0.269. The molecule has 1 aromatic heterocycles. The molecule has 2 aromatic rings. The van der Waals surface area contributed by atoms with Crippen molar-refractivity contribution in [1.29, 1.82) is 0 Å². The first-order valence-corrected chi connectivity index (χ1v) is 13.0. The Morgan fingerprint density at radius 2 is 2.05 bits per heavy atom. The molecule has 1 atom stereocenters. The van der Waals surface area contributed by atoms with Gasteiger partial charge < -0.3 is 15.0 Å². The zero-order valence-electron chi connectivity index (χ0n) is 20.8. The van der Waals surface area contributed by atoms with Crippen LogP contribution in [0.15, 0.2) is 59.8 Å². The predicted molar refractivity (Wildman–Crippen MR) is 148 cm³/mol. The average molecular weight is 540 g/mol. The first-order chi connectivity index (χ1) is 17.9. The Bertz CT molecular complexity index is 1260. The maximum atomic E-state index is 12.6. The van der Waals surface area contributed by atoms with Gasteiger partial charge in [-0.3, -0.25) is 20.4 Å². The number of aryl methyl sites for hydroxylation is 1. The number of hydrogen-bond donors (Lipinski definition) is 3. The molecule has 0 spiro atoms. The van der Waals surface area contributed by atoms with Gasteiger partial charge in [-0.25, -0.2) is 4.98 Å². The number of hydrogen-bond acceptors (Lipinski definition) is 6. The molecular formula is C27H30ClN5O3S. The molecular weight excluding hydrogens is 510 g/mol. The topological polar surface area (TPSA) is 95.6 Å². The van der Waals surface area contributed by atoms with Crippen molar-refractivity contribution in [1.82, 2.24) is 20.6 Å². The molecule has 2 aliphatic carbocycles. The Morgan fingerprint density at radius 3 is 2.84 bits per heavy atom. The van der Waals surface area contributed by atoms with Crippen molar-refractivity contribution in [3.63, 3.8) is 0 Å². The summed E-state index contributed by atoms with van der Waals surface area (Å²) in [5, 5.41) is 4.07. The second-order valence-corrected chi connectivity index (χ2v) is 9.69. The molecule has 1 amide bonds. The summed E-state index contributed by atoms with van der Waals surface area (Å²) in [7, 11) is 1.51. The van der Waals surface area contributed by atoms with Crippen molar-refractivity contribution < 1.29 is 14.3 Å². The summed E-state index contributed by atoms with van der Waals surface area (Å²) in [6, 6.07) is 9.88. The molecule has 194 valence electrons. The highest BCUT2D eigenvalue weighted by molar-refractivity contribution is 7.80. The molecule has 1 heterocycles. The van der Waals surface area contributed by atoms with E-state index in [1.807, 2.05) is 0 Å². The standard InChI is InChI=1S/C27H30ClN5O3S/c1-3-36-23(34)16-33(2)26(35)19-14-22(28)25(29-15-19)31-32-27(37)30-24-20-10-6-4-8-17(20)12-13-18-9-5-7-11-21(18)24/h4,6-8,10-11,14-15,24H,3,5,9,12-13,16H2,1-2H3,(H,29,31)(H2,30,32,37). The smallest absolute Gasteiger partial charge is 0.325 e. The zero-order chi connectivity index (χ0) is 26.4. The number of amides is 1. The number of aromatic nitrogens is 1. The minimum Gasteiger partial charge on any atom is -0.465 e. The summed E-state index contributed by atoms with van der Waals surface area (Å²) in [4.78, 5) is 29.8. The number of thiocarbonyl (C=S) groups is 1. The zero-order valence-corrected chi connectivity index (χ0v) is 22.4. The van der Waals surface area contributed by atoms with E-state index in [0.29, 0.717) is 10.9 Å². The van der Waals surface area contributed by atoms with E-state index < -0.39 is 11.9 Å². The maximum absolute atomic E-state index is 12.6. The lowest BCUT2D eigenvalue weighted by Crippen LogP contribution is -2.41. The minimum absolute atomic E-state index is 0.0644. The number of halogens is 1. The number of benzene rings is 1. The summed E-state index contributed by atoms with van der Waals surface area (Å²) in [5.41, 5.74) is 11.4. The number of pyridine rings is 1. The highest BCUT2D eigenvalue weighted by Gasteiger charge is 2.26. The van der Waals surface area contributed by atoms with Crippen LogP contribution >= 0.6 is 23.8 Å². The van der Waals surface area contributed by atoms with Crippen molar-refractivity contribution in [3.8, 4) is 0 Å².